The van der Waals surface area contributed by atoms with E-state index in [1.54, 1.807) is 0 Å². The summed E-state index contributed by atoms with van der Waals surface area (Å²) in [5.41, 5.74) is 5.54. The molecule has 3 N–H and O–H groups in total. The van der Waals surface area contributed by atoms with Crippen molar-refractivity contribution in [2.45, 2.75) is 26.3 Å². The maximum atomic E-state index is 7.45. The van der Waals surface area contributed by atoms with Crippen LogP contribution in [0.4, 0.5) is 0 Å². The van der Waals surface area contributed by atoms with Gasteiger partial charge in [0.15, 0.2) is 0 Å². The molecular weight excluding hydrogens is 214 g/mol. The lowest BCUT2D eigenvalue weighted by molar-refractivity contribution is 0.201. The van der Waals surface area contributed by atoms with E-state index in [1.165, 1.54) is 0 Å². The molecule has 0 bridgehead atoms. The van der Waals surface area contributed by atoms with Crippen LogP contribution in [0.5, 0.6) is 0 Å². The van der Waals surface area contributed by atoms with Crippen molar-refractivity contribution in [2.24, 2.45) is 11.7 Å². The number of rotatable bonds is 4. The number of nitrogens with two attached hydrogens (primary N) is 1. The monoisotopic (exact) mass is 235 g/mol. The van der Waals surface area contributed by atoms with Gasteiger partial charge in [-0.2, -0.15) is 0 Å². The molecule has 1 aromatic heterocycles. The zero-order chi connectivity index (χ0) is 12.3. The van der Waals surface area contributed by atoms with Crippen molar-refractivity contribution in [1.82, 2.24) is 14.5 Å². The second kappa shape index (κ2) is 5.31. The number of nitrogens with one attached hydrogen (secondary N) is 1. The molecule has 5 nitrogen and oxygen atoms in total. The van der Waals surface area contributed by atoms with Crippen molar-refractivity contribution in [3.8, 4) is 0 Å². The standard InChI is InChI=1S/C12H21N5/c1-10-15-4-7-17(10)9-8-16-5-2-11(3-6-16)12(13)14/h4,7,11H,2-3,5-6,8-9H2,1H3,(H3,13,14). The Balaban J connectivity index is 1.75. The fourth-order valence-corrected chi connectivity index (χ4v) is 2.36. The van der Waals surface area contributed by atoms with E-state index in [0.29, 0.717) is 11.8 Å². The maximum absolute atomic E-state index is 7.45. The van der Waals surface area contributed by atoms with E-state index in [2.05, 4.69) is 14.5 Å². The van der Waals surface area contributed by atoms with E-state index in [0.717, 1.165) is 44.8 Å². The Morgan fingerprint density at radius 2 is 2.18 bits per heavy atom. The number of aryl methyl sites for hydroxylation is 1. The van der Waals surface area contributed by atoms with Gasteiger partial charge in [0.25, 0.3) is 0 Å². The van der Waals surface area contributed by atoms with E-state index in [9.17, 15) is 0 Å². The number of aromatic nitrogens is 2. The van der Waals surface area contributed by atoms with Crippen LogP contribution in [0.25, 0.3) is 0 Å². The third-order valence-corrected chi connectivity index (χ3v) is 3.61. The molecule has 1 fully saturated rings. The van der Waals surface area contributed by atoms with Crippen LogP contribution in [0.15, 0.2) is 12.4 Å². The number of piperidine rings is 1. The SMILES string of the molecule is Cc1nccn1CCN1CCC(C(=N)N)CC1. The molecule has 94 valence electrons. The van der Waals surface area contributed by atoms with Gasteiger partial charge in [-0.3, -0.25) is 5.41 Å². The molecule has 0 amide bonds. The Labute approximate surface area is 102 Å². The minimum Gasteiger partial charge on any atom is -0.387 e. The molecule has 0 spiro atoms. The molecule has 0 aliphatic carbocycles. The van der Waals surface area contributed by atoms with Gasteiger partial charge in [0.05, 0.1) is 5.84 Å². The van der Waals surface area contributed by atoms with Gasteiger partial charge in [-0.1, -0.05) is 0 Å². The van der Waals surface area contributed by atoms with Gasteiger partial charge < -0.3 is 15.2 Å². The van der Waals surface area contributed by atoms with Gasteiger partial charge in [0.2, 0.25) is 0 Å². The average molecular weight is 235 g/mol. The smallest absolute Gasteiger partial charge is 0.105 e. The molecule has 17 heavy (non-hydrogen) atoms. The molecule has 5 heteroatoms. The maximum Gasteiger partial charge on any atom is 0.105 e. The highest BCUT2D eigenvalue weighted by Gasteiger charge is 2.20. The summed E-state index contributed by atoms with van der Waals surface area (Å²) in [5.74, 6) is 1.74. The number of hydrogen-bond donors (Lipinski definition) is 2. The fraction of sp³-hybridized carbons (Fsp3) is 0.667. The van der Waals surface area contributed by atoms with Crippen molar-refractivity contribution < 1.29 is 0 Å². The Bertz CT molecular complexity index is 376. The second-order valence-corrected chi connectivity index (χ2v) is 4.74. The lowest BCUT2D eigenvalue weighted by Crippen LogP contribution is -2.39. The predicted octanol–water partition coefficient (Wildman–Crippen LogP) is 0.839. The Morgan fingerprint density at radius 1 is 1.47 bits per heavy atom. The molecule has 1 aromatic rings. The number of nitrogens with zero attached hydrogens (tertiary/aromatic N) is 3. The summed E-state index contributed by atoms with van der Waals surface area (Å²) in [4.78, 5) is 6.66. The molecule has 1 saturated heterocycles. The van der Waals surface area contributed by atoms with E-state index in [-0.39, 0.29) is 0 Å². The molecule has 0 saturated carbocycles. The minimum atomic E-state index is 0.307. The summed E-state index contributed by atoms with van der Waals surface area (Å²) in [7, 11) is 0. The van der Waals surface area contributed by atoms with E-state index >= 15 is 0 Å². The third kappa shape index (κ3) is 3.06. The van der Waals surface area contributed by atoms with Crippen molar-refractivity contribution in [3.05, 3.63) is 18.2 Å². The fourth-order valence-electron chi connectivity index (χ4n) is 2.36. The van der Waals surface area contributed by atoms with Gasteiger partial charge in [0, 0.05) is 31.4 Å². The molecule has 0 unspecified atom stereocenters. The summed E-state index contributed by atoms with van der Waals surface area (Å²) in [5, 5.41) is 7.45. The highest BCUT2D eigenvalue weighted by Crippen LogP contribution is 2.16. The van der Waals surface area contributed by atoms with Gasteiger partial charge >= 0.3 is 0 Å². The van der Waals surface area contributed by atoms with Crippen molar-refractivity contribution in [1.29, 1.82) is 5.41 Å². The number of likely N-dealkylation sites (tertiary alicyclic amines) is 1. The zero-order valence-corrected chi connectivity index (χ0v) is 10.4. The van der Waals surface area contributed by atoms with Gasteiger partial charge in [0.1, 0.15) is 5.82 Å². The van der Waals surface area contributed by atoms with Crippen LogP contribution in [0, 0.1) is 18.3 Å². The molecule has 2 heterocycles. The normalized spacial score (nSPS) is 18.4. The minimum absolute atomic E-state index is 0.307. The van der Waals surface area contributed by atoms with Crippen LogP contribution >= 0.6 is 0 Å². The van der Waals surface area contributed by atoms with Crippen molar-refractivity contribution >= 4 is 5.84 Å². The van der Waals surface area contributed by atoms with Crippen LogP contribution in [0.3, 0.4) is 0 Å². The first kappa shape index (κ1) is 12.1. The highest BCUT2D eigenvalue weighted by atomic mass is 15.2. The largest absolute Gasteiger partial charge is 0.387 e. The molecule has 1 aliphatic rings. The average Bonchev–Trinajstić information content (AvgIpc) is 2.73. The van der Waals surface area contributed by atoms with Gasteiger partial charge in [-0.15, -0.1) is 0 Å². The van der Waals surface area contributed by atoms with Crippen molar-refractivity contribution in [2.75, 3.05) is 19.6 Å². The first-order valence-electron chi connectivity index (χ1n) is 6.21. The summed E-state index contributed by atoms with van der Waals surface area (Å²) in [6, 6.07) is 0. The Morgan fingerprint density at radius 3 is 2.71 bits per heavy atom. The van der Waals surface area contributed by atoms with E-state index < -0.39 is 0 Å². The Kier molecular flexibility index (Phi) is 3.78. The van der Waals surface area contributed by atoms with E-state index in [4.69, 9.17) is 11.1 Å². The van der Waals surface area contributed by atoms with Crippen LogP contribution in [-0.2, 0) is 6.54 Å². The van der Waals surface area contributed by atoms with Crippen LogP contribution in [0.2, 0.25) is 0 Å². The first-order chi connectivity index (χ1) is 8.16. The van der Waals surface area contributed by atoms with Gasteiger partial charge in [-0.25, -0.2) is 4.98 Å². The van der Waals surface area contributed by atoms with E-state index in [1.807, 2.05) is 19.3 Å². The summed E-state index contributed by atoms with van der Waals surface area (Å²) >= 11 is 0. The number of hydrogen-bond acceptors (Lipinski definition) is 3. The molecule has 0 aromatic carbocycles. The Hall–Kier alpha value is -1.36. The zero-order valence-electron chi connectivity index (χ0n) is 10.4. The van der Waals surface area contributed by atoms with Crippen LogP contribution in [-0.4, -0.2) is 39.9 Å². The molecule has 0 atom stereocenters. The summed E-state index contributed by atoms with van der Waals surface area (Å²) < 4.78 is 2.18. The molecule has 1 aliphatic heterocycles. The lowest BCUT2D eigenvalue weighted by atomic mass is 9.96. The molecule has 2 rings (SSSR count). The summed E-state index contributed by atoms with van der Waals surface area (Å²) in [6.45, 7) is 6.19. The summed E-state index contributed by atoms with van der Waals surface area (Å²) in [6.07, 6.45) is 5.92. The van der Waals surface area contributed by atoms with Crippen molar-refractivity contribution in [3.63, 3.8) is 0 Å². The van der Waals surface area contributed by atoms with Gasteiger partial charge in [-0.05, 0) is 32.9 Å². The lowest BCUT2D eigenvalue weighted by Gasteiger charge is -2.31. The number of amidine groups is 1. The highest BCUT2D eigenvalue weighted by molar-refractivity contribution is 5.79. The van der Waals surface area contributed by atoms with Crippen LogP contribution < -0.4 is 5.73 Å². The first-order valence-corrected chi connectivity index (χ1v) is 6.21. The third-order valence-electron chi connectivity index (χ3n) is 3.61. The number of imidazole rings is 1. The van der Waals surface area contributed by atoms with Crippen LogP contribution in [0.1, 0.15) is 18.7 Å². The quantitative estimate of drug-likeness (QED) is 0.600. The predicted molar refractivity (Wildman–Crippen MR) is 68.0 cm³/mol. The molecular formula is C12H21N5. The topological polar surface area (TPSA) is 70.9 Å². The second-order valence-electron chi connectivity index (χ2n) is 4.74. The molecule has 0 radical (unpaired) electrons.